The molecular weight excluding hydrogens is 316 g/mol. The zero-order chi connectivity index (χ0) is 17.0. The lowest BCUT2D eigenvalue weighted by Crippen LogP contribution is -2.29. The first-order valence-electron chi connectivity index (χ1n) is 7.15. The summed E-state index contributed by atoms with van der Waals surface area (Å²) in [5.41, 5.74) is -0.928. The number of carbonyl (C=O) groups excluding carboxylic acids is 1. The molecule has 3 atom stereocenters. The van der Waals surface area contributed by atoms with Crippen LogP contribution in [0.4, 0.5) is 18.0 Å². The minimum atomic E-state index is -4.53. The highest BCUT2D eigenvalue weighted by Gasteiger charge is 2.34. The first-order chi connectivity index (χ1) is 10.8. The van der Waals surface area contributed by atoms with E-state index in [1.807, 2.05) is 6.82 Å². The van der Waals surface area contributed by atoms with Gasteiger partial charge < -0.3 is 19.3 Å². The number of ether oxygens (including phenoxy) is 3. The van der Waals surface area contributed by atoms with E-state index in [1.165, 1.54) is 6.07 Å². The average Bonchev–Trinajstić information content (AvgIpc) is 2.85. The summed E-state index contributed by atoms with van der Waals surface area (Å²) in [5.74, 6) is -0.274. The van der Waals surface area contributed by atoms with E-state index in [9.17, 15) is 23.1 Å². The Bertz CT molecular complexity index is 551. The largest absolute Gasteiger partial charge is 0.513 e. The Morgan fingerprint density at radius 1 is 1.48 bits per heavy atom. The molecule has 0 saturated carbocycles. The molecule has 0 amide bonds. The van der Waals surface area contributed by atoms with Crippen LogP contribution in [0.15, 0.2) is 24.3 Å². The molecule has 1 aromatic rings. The number of rotatable bonds is 4. The summed E-state index contributed by atoms with van der Waals surface area (Å²) in [6.07, 6.45) is -6.64. The van der Waals surface area contributed by atoms with Crippen molar-refractivity contribution < 1.29 is 37.3 Å². The lowest BCUT2D eigenvalue weighted by Gasteiger charge is -2.15. The molecule has 1 aliphatic heterocycles. The summed E-state index contributed by atoms with van der Waals surface area (Å²) in [6.45, 7) is 1.68. The van der Waals surface area contributed by atoms with Gasteiger partial charge in [0, 0.05) is 6.00 Å². The van der Waals surface area contributed by atoms with Crippen molar-refractivity contribution in [3.8, 4) is 5.75 Å². The highest BCUT2D eigenvalue weighted by Crippen LogP contribution is 2.31. The number of hydrogen-bond acceptors (Lipinski definition) is 5. The van der Waals surface area contributed by atoms with Crippen molar-refractivity contribution >= 4 is 13.4 Å². The van der Waals surface area contributed by atoms with Crippen LogP contribution in [0.25, 0.3) is 0 Å². The van der Waals surface area contributed by atoms with Gasteiger partial charge in [-0.05, 0) is 24.6 Å². The first kappa shape index (κ1) is 17.6. The van der Waals surface area contributed by atoms with Crippen LogP contribution in [-0.2, 0) is 15.7 Å². The van der Waals surface area contributed by atoms with E-state index in [0.29, 0.717) is 12.5 Å². The average molecular weight is 332 g/mol. The number of aliphatic hydroxyl groups is 1. The van der Waals surface area contributed by atoms with E-state index in [4.69, 9.17) is 14.2 Å². The molecule has 5 nitrogen and oxygen atoms in total. The Balaban J connectivity index is 1.86. The molecule has 2 rings (SSSR count). The van der Waals surface area contributed by atoms with E-state index < -0.39 is 30.1 Å². The Morgan fingerprint density at radius 3 is 2.83 bits per heavy atom. The summed E-state index contributed by atoms with van der Waals surface area (Å²) in [4.78, 5) is 11.5. The van der Waals surface area contributed by atoms with Gasteiger partial charge in [-0.2, -0.15) is 13.2 Å². The van der Waals surface area contributed by atoms with Gasteiger partial charge in [0.05, 0.1) is 11.7 Å². The number of aliphatic hydroxyl groups excluding tert-OH is 1. The van der Waals surface area contributed by atoms with Crippen LogP contribution in [0.2, 0.25) is 6.82 Å². The van der Waals surface area contributed by atoms with Crippen LogP contribution in [-0.4, -0.2) is 43.4 Å². The topological polar surface area (TPSA) is 65.0 Å². The highest BCUT2D eigenvalue weighted by molar-refractivity contribution is 6.35. The van der Waals surface area contributed by atoms with Crippen LogP contribution >= 0.6 is 0 Å². The smallest absolute Gasteiger partial charge is 0.431 e. The minimum Gasteiger partial charge on any atom is -0.431 e. The third kappa shape index (κ3) is 4.87. The van der Waals surface area contributed by atoms with Crippen molar-refractivity contribution in [1.82, 2.24) is 0 Å². The zero-order valence-corrected chi connectivity index (χ0v) is 12.4. The fourth-order valence-corrected chi connectivity index (χ4v) is 2.24. The van der Waals surface area contributed by atoms with E-state index in [-0.39, 0.29) is 18.4 Å². The highest BCUT2D eigenvalue weighted by atomic mass is 19.4. The van der Waals surface area contributed by atoms with E-state index in [2.05, 4.69) is 0 Å². The molecule has 1 heterocycles. The molecule has 23 heavy (non-hydrogen) atoms. The molecule has 0 unspecified atom stereocenters. The Hall–Kier alpha value is -1.74. The molecule has 1 aliphatic rings. The molecular formula is C14H16BF3O5. The van der Waals surface area contributed by atoms with Gasteiger partial charge in [0.1, 0.15) is 18.5 Å². The monoisotopic (exact) mass is 332 g/mol. The number of benzene rings is 1. The second-order valence-electron chi connectivity index (χ2n) is 5.20. The second-order valence-corrected chi connectivity index (χ2v) is 5.20. The maximum atomic E-state index is 12.6. The van der Waals surface area contributed by atoms with Crippen molar-refractivity contribution in [3.05, 3.63) is 29.8 Å². The Labute approximate surface area is 131 Å². The maximum absolute atomic E-state index is 12.6. The molecule has 1 saturated heterocycles. The van der Waals surface area contributed by atoms with Crippen LogP contribution in [0.5, 0.6) is 5.75 Å². The second kappa shape index (κ2) is 7.22. The molecule has 1 aromatic carbocycles. The van der Waals surface area contributed by atoms with Crippen molar-refractivity contribution in [1.29, 1.82) is 0 Å². The van der Waals surface area contributed by atoms with Crippen LogP contribution < -0.4 is 4.74 Å². The molecule has 126 valence electrons. The van der Waals surface area contributed by atoms with Gasteiger partial charge in [0.2, 0.25) is 0 Å². The fourth-order valence-electron chi connectivity index (χ4n) is 2.24. The van der Waals surface area contributed by atoms with Gasteiger partial charge in [0.15, 0.2) is 7.28 Å². The lowest BCUT2D eigenvalue weighted by atomic mass is 9.73. The molecule has 0 bridgehead atoms. The number of alkyl halides is 3. The summed E-state index contributed by atoms with van der Waals surface area (Å²) in [6, 6.07) is 3.81. The standard InChI is InChI=1S/C14H16BF3O5/c1-15-12-6-10(19)11(23-12)7-21-13(20)22-9-4-2-3-8(5-9)14(16,17)18/h2-5,10-12,15,19H,6-7H2,1H3/t10-,11-,12-/m1/s1. The fraction of sp³-hybridized carbons (Fsp3) is 0.500. The summed E-state index contributed by atoms with van der Waals surface area (Å²) in [7, 11) is 0.724. The molecule has 1 fully saturated rings. The third-order valence-corrected chi connectivity index (χ3v) is 3.48. The van der Waals surface area contributed by atoms with Crippen molar-refractivity contribution in [3.63, 3.8) is 0 Å². The van der Waals surface area contributed by atoms with Crippen LogP contribution in [0.3, 0.4) is 0 Å². The summed E-state index contributed by atoms with van der Waals surface area (Å²) in [5, 5.41) is 9.74. The quantitative estimate of drug-likeness (QED) is 0.520. The lowest BCUT2D eigenvalue weighted by molar-refractivity contribution is -0.137. The van der Waals surface area contributed by atoms with E-state index in [0.717, 1.165) is 19.4 Å². The van der Waals surface area contributed by atoms with E-state index >= 15 is 0 Å². The molecule has 0 aromatic heterocycles. The first-order valence-corrected chi connectivity index (χ1v) is 7.15. The van der Waals surface area contributed by atoms with Gasteiger partial charge in [-0.1, -0.05) is 12.9 Å². The minimum absolute atomic E-state index is 0.0990. The van der Waals surface area contributed by atoms with Gasteiger partial charge in [-0.25, -0.2) is 4.79 Å². The van der Waals surface area contributed by atoms with Gasteiger partial charge >= 0.3 is 12.3 Å². The normalized spacial score (nSPS) is 24.3. The summed E-state index contributed by atoms with van der Waals surface area (Å²) < 4.78 is 52.6. The molecule has 1 N–H and O–H groups in total. The van der Waals surface area contributed by atoms with Gasteiger partial charge in [-0.15, -0.1) is 0 Å². The SMILES string of the molecule is CB[C@H]1C[C@@H](O)[C@@H](COC(=O)Oc2cccc(C(F)(F)F)c2)O1. The summed E-state index contributed by atoms with van der Waals surface area (Å²) >= 11 is 0. The van der Waals surface area contributed by atoms with Crippen molar-refractivity contribution in [2.24, 2.45) is 0 Å². The van der Waals surface area contributed by atoms with Crippen LogP contribution in [0, 0.1) is 0 Å². The molecule has 9 heteroatoms. The molecule has 0 spiro atoms. The number of halogens is 3. The Kier molecular flexibility index (Phi) is 5.53. The zero-order valence-electron chi connectivity index (χ0n) is 12.4. The maximum Gasteiger partial charge on any atom is 0.513 e. The molecule has 0 aliphatic carbocycles. The molecule has 0 radical (unpaired) electrons. The van der Waals surface area contributed by atoms with Gasteiger partial charge in [0.25, 0.3) is 0 Å². The van der Waals surface area contributed by atoms with Gasteiger partial charge in [-0.3, -0.25) is 0 Å². The van der Waals surface area contributed by atoms with Crippen molar-refractivity contribution in [2.75, 3.05) is 6.61 Å². The Morgan fingerprint density at radius 2 is 2.22 bits per heavy atom. The van der Waals surface area contributed by atoms with E-state index in [1.54, 1.807) is 0 Å². The third-order valence-electron chi connectivity index (χ3n) is 3.48. The number of hydrogen-bond donors (Lipinski definition) is 1. The predicted molar refractivity (Wildman–Crippen MR) is 75.7 cm³/mol. The van der Waals surface area contributed by atoms with Crippen LogP contribution in [0.1, 0.15) is 12.0 Å². The van der Waals surface area contributed by atoms with Crippen molar-refractivity contribution in [2.45, 2.75) is 37.6 Å². The number of carbonyl (C=O) groups is 1. The predicted octanol–water partition coefficient (Wildman–Crippen LogP) is 2.18.